The van der Waals surface area contributed by atoms with Crippen LogP contribution in [0.1, 0.15) is 6.92 Å². The SMILES string of the molecule is CCn1ccc(=O)n(CCNCC(F)(F)F)c1=O. The van der Waals surface area contributed by atoms with Gasteiger partial charge in [0.1, 0.15) is 0 Å². The second-order valence-electron chi connectivity index (χ2n) is 3.67. The molecule has 0 unspecified atom stereocenters. The third-order valence-corrected chi connectivity index (χ3v) is 2.32. The maximum atomic E-state index is 11.9. The first-order chi connectivity index (χ1) is 8.35. The van der Waals surface area contributed by atoms with Crippen LogP contribution in [-0.4, -0.2) is 28.4 Å². The lowest BCUT2D eigenvalue weighted by Crippen LogP contribution is -2.41. The van der Waals surface area contributed by atoms with Gasteiger partial charge in [-0.05, 0) is 6.92 Å². The summed E-state index contributed by atoms with van der Waals surface area (Å²) in [6, 6.07) is 1.22. The van der Waals surface area contributed by atoms with Crippen molar-refractivity contribution in [3.05, 3.63) is 33.1 Å². The molecule has 1 aromatic rings. The molecule has 0 spiro atoms. The molecule has 1 rings (SSSR count). The van der Waals surface area contributed by atoms with Crippen LogP contribution < -0.4 is 16.6 Å². The van der Waals surface area contributed by atoms with Gasteiger partial charge in [0.25, 0.3) is 5.56 Å². The number of hydrogen-bond acceptors (Lipinski definition) is 3. The summed E-state index contributed by atoms with van der Waals surface area (Å²) < 4.78 is 37.8. The number of halogens is 3. The molecule has 0 aromatic carbocycles. The van der Waals surface area contributed by atoms with Gasteiger partial charge in [0.05, 0.1) is 6.54 Å². The molecule has 0 aliphatic rings. The number of nitrogens with zero attached hydrogens (tertiary/aromatic N) is 2. The fraction of sp³-hybridized carbons (Fsp3) is 0.600. The Balaban J connectivity index is 2.68. The summed E-state index contributed by atoms with van der Waals surface area (Å²) in [7, 11) is 0. The minimum Gasteiger partial charge on any atom is -0.307 e. The molecule has 1 N–H and O–H groups in total. The van der Waals surface area contributed by atoms with E-state index < -0.39 is 24.0 Å². The van der Waals surface area contributed by atoms with Crippen molar-refractivity contribution in [1.29, 1.82) is 0 Å². The van der Waals surface area contributed by atoms with Crippen LogP contribution >= 0.6 is 0 Å². The van der Waals surface area contributed by atoms with Crippen LogP contribution in [0.25, 0.3) is 0 Å². The Bertz CT molecular complexity index is 504. The van der Waals surface area contributed by atoms with E-state index in [0.717, 1.165) is 4.57 Å². The molecule has 0 saturated carbocycles. The van der Waals surface area contributed by atoms with Crippen molar-refractivity contribution in [3.8, 4) is 0 Å². The standard InChI is InChI=1S/C10H14F3N3O2/c1-2-15-5-3-8(17)16(9(15)18)6-4-14-7-10(11,12)13/h3,5,14H,2,4,6-7H2,1H3. The molecule has 0 atom stereocenters. The summed E-state index contributed by atoms with van der Waals surface area (Å²) in [5.74, 6) is 0. The highest BCUT2D eigenvalue weighted by atomic mass is 19.4. The van der Waals surface area contributed by atoms with E-state index in [1.807, 2.05) is 0 Å². The molecule has 0 aliphatic carbocycles. The highest BCUT2D eigenvalue weighted by Gasteiger charge is 2.25. The van der Waals surface area contributed by atoms with Crippen molar-refractivity contribution in [2.45, 2.75) is 26.2 Å². The maximum Gasteiger partial charge on any atom is 0.401 e. The first-order valence-electron chi connectivity index (χ1n) is 5.43. The zero-order chi connectivity index (χ0) is 13.8. The minimum atomic E-state index is -4.30. The molecule has 1 heterocycles. The van der Waals surface area contributed by atoms with Gasteiger partial charge in [-0.25, -0.2) is 4.79 Å². The van der Waals surface area contributed by atoms with Gasteiger partial charge in [-0.3, -0.25) is 9.36 Å². The van der Waals surface area contributed by atoms with E-state index >= 15 is 0 Å². The second kappa shape index (κ2) is 5.85. The fourth-order valence-corrected chi connectivity index (χ4v) is 1.42. The van der Waals surface area contributed by atoms with Crippen LogP contribution in [0.3, 0.4) is 0 Å². The molecule has 0 radical (unpaired) electrons. The molecule has 0 bridgehead atoms. The average Bonchev–Trinajstić information content (AvgIpc) is 2.26. The largest absolute Gasteiger partial charge is 0.401 e. The van der Waals surface area contributed by atoms with Crippen LogP contribution in [-0.2, 0) is 13.1 Å². The molecule has 0 saturated heterocycles. The van der Waals surface area contributed by atoms with Gasteiger partial charge < -0.3 is 9.88 Å². The van der Waals surface area contributed by atoms with Gasteiger partial charge >= 0.3 is 11.9 Å². The first kappa shape index (κ1) is 14.5. The van der Waals surface area contributed by atoms with Gasteiger partial charge in [-0.2, -0.15) is 13.2 Å². The summed E-state index contributed by atoms with van der Waals surface area (Å²) in [6.07, 6.45) is -2.93. The highest BCUT2D eigenvalue weighted by Crippen LogP contribution is 2.11. The Morgan fingerprint density at radius 2 is 2.00 bits per heavy atom. The van der Waals surface area contributed by atoms with Gasteiger partial charge in [-0.1, -0.05) is 0 Å². The summed E-state index contributed by atoms with van der Waals surface area (Å²) in [4.78, 5) is 23.1. The molecule has 8 heteroatoms. The van der Waals surface area contributed by atoms with Crippen molar-refractivity contribution in [2.24, 2.45) is 0 Å². The van der Waals surface area contributed by atoms with E-state index in [9.17, 15) is 22.8 Å². The van der Waals surface area contributed by atoms with Gasteiger partial charge in [0.2, 0.25) is 0 Å². The first-order valence-corrected chi connectivity index (χ1v) is 5.43. The van der Waals surface area contributed by atoms with Crippen LogP contribution in [0.5, 0.6) is 0 Å². The number of alkyl halides is 3. The molecule has 18 heavy (non-hydrogen) atoms. The van der Waals surface area contributed by atoms with E-state index in [4.69, 9.17) is 0 Å². The predicted octanol–water partition coefficient (Wildman–Crippen LogP) is 0.182. The van der Waals surface area contributed by atoms with Gasteiger partial charge in [0.15, 0.2) is 0 Å². The third kappa shape index (κ3) is 4.02. The Hall–Kier alpha value is -1.57. The number of nitrogens with one attached hydrogen (secondary N) is 1. The van der Waals surface area contributed by atoms with Crippen LogP contribution in [0.2, 0.25) is 0 Å². The van der Waals surface area contributed by atoms with Crippen molar-refractivity contribution < 1.29 is 13.2 Å². The van der Waals surface area contributed by atoms with E-state index in [0.29, 0.717) is 6.54 Å². The second-order valence-corrected chi connectivity index (χ2v) is 3.67. The van der Waals surface area contributed by atoms with Crippen LogP contribution in [0, 0.1) is 0 Å². The number of rotatable bonds is 5. The van der Waals surface area contributed by atoms with Crippen molar-refractivity contribution in [1.82, 2.24) is 14.5 Å². The number of aryl methyl sites for hydroxylation is 1. The van der Waals surface area contributed by atoms with E-state index in [1.54, 1.807) is 6.92 Å². The number of hydrogen-bond donors (Lipinski definition) is 1. The lowest BCUT2D eigenvalue weighted by molar-refractivity contribution is -0.124. The quantitative estimate of drug-likeness (QED) is 0.773. The number of aromatic nitrogens is 2. The van der Waals surface area contributed by atoms with Crippen molar-refractivity contribution in [3.63, 3.8) is 0 Å². The molecule has 0 fully saturated rings. The lowest BCUT2D eigenvalue weighted by Gasteiger charge is -2.10. The van der Waals surface area contributed by atoms with Crippen molar-refractivity contribution in [2.75, 3.05) is 13.1 Å². The molecule has 102 valence electrons. The maximum absolute atomic E-state index is 11.9. The molecule has 5 nitrogen and oxygen atoms in total. The Morgan fingerprint density at radius 3 is 2.56 bits per heavy atom. The fourth-order valence-electron chi connectivity index (χ4n) is 1.42. The van der Waals surface area contributed by atoms with E-state index in [-0.39, 0.29) is 13.1 Å². The molecule has 0 amide bonds. The normalized spacial score (nSPS) is 11.8. The smallest absolute Gasteiger partial charge is 0.307 e. The Morgan fingerprint density at radius 1 is 1.33 bits per heavy atom. The average molecular weight is 265 g/mol. The lowest BCUT2D eigenvalue weighted by atomic mass is 10.5. The highest BCUT2D eigenvalue weighted by molar-refractivity contribution is 4.86. The Kier molecular flexibility index (Phi) is 4.71. The monoisotopic (exact) mass is 265 g/mol. The topological polar surface area (TPSA) is 56.0 Å². The zero-order valence-electron chi connectivity index (χ0n) is 9.83. The molecule has 0 aliphatic heterocycles. The van der Waals surface area contributed by atoms with Crippen LogP contribution in [0.15, 0.2) is 21.9 Å². The van der Waals surface area contributed by atoms with Gasteiger partial charge in [0, 0.05) is 31.9 Å². The predicted molar refractivity (Wildman–Crippen MR) is 59.6 cm³/mol. The summed E-state index contributed by atoms with van der Waals surface area (Å²) in [6.45, 7) is 0.806. The third-order valence-electron chi connectivity index (χ3n) is 2.32. The molecular weight excluding hydrogens is 251 g/mol. The van der Waals surface area contributed by atoms with Crippen LogP contribution in [0.4, 0.5) is 13.2 Å². The summed E-state index contributed by atoms with van der Waals surface area (Å²) >= 11 is 0. The van der Waals surface area contributed by atoms with E-state index in [1.165, 1.54) is 16.8 Å². The zero-order valence-corrected chi connectivity index (χ0v) is 9.83. The molecule has 1 aromatic heterocycles. The minimum absolute atomic E-state index is 0.0887. The molecular formula is C10H14F3N3O2. The van der Waals surface area contributed by atoms with E-state index in [2.05, 4.69) is 5.32 Å². The summed E-state index contributed by atoms with van der Waals surface area (Å²) in [5.41, 5.74) is -1.03. The van der Waals surface area contributed by atoms with Crippen molar-refractivity contribution >= 4 is 0 Å². The summed E-state index contributed by atoms with van der Waals surface area (Å²) in [5, 5.41) is 2.13. The Labute approximate surface area is 101 Å². The van der Waals surface area contributed by atoms with Gasteiger partial charge in [-0.15, -0.1) is 0 Å².